The lowest BCUT2D eigenvalue weighted by atomic mass is 9.88. The van der Waals surface area contributed by atoms with Gasteiger partial charge in [-0.05, 0) is 52.0 Å². The van der Waals surface area contributed by atoms with Crippen LogP contribution < -0.4 is 5.32 Å². The highest BCUT2D eigenvalue weighted by Crippen LogP contribution is 2.38. The van der Waals surface area contributed by atoms with Crippen molar-refractivity contribution in [3.63, 3.8) is 0 Å². The summed E-state index contributed by atoms with van der Waals surface area (Å²) < 4.78 is 8.23. The van der Waals surface area contributed by atoms with Gasteiger partial charge in [-0.25, -0.2) is 0 Å². The van der Waals surface area contributed by atoms with Gasteiger partial charge in [0.2, 0.25) is 5.91 Å². The molecule has 3 rings (SSSR count). The van der Waals surface area contributed by atoms with Crippen molar-refractivity contribution in [3.8, 4) is 0 Å². The lowest BCUT2D eigenvalue weighted by Crippen LogP contribution is -2.45. The highest BCUT2D eigenvalue weighted by molar-refractivity contribution is 5.76. The Morgan fingerprint density at radius 2 is 2.15 bits per heavy atom. The molecule has 1 amide bonds. The normalized spacial score (nSPS) is 22.1. The molecule has 1 atom stereocenters. The van der Waals surface area contributed by atoms with E-state index in [2.05, 4.69) is 35.2 Å². The first kappa shape index (κ1) is 20.1. The minimum absolute atomic E-state index is 0.0472. The second-order valence-corrected chi connectivity index (χ2v) is 8.29. The van der Waals surface area contributed by atoms with Gasteiger partial charge in [-0.15, -0.1) is 0 Å². The molecule has 1 aromatic heterocycles. The maximum atomic E-state index is 12.1. The fraction of sp³-hybridized carbons (Fsp3) is 0.714. The van der Waals surface area contributed by atoms with Crippen LogP contribution >= 0.6 is 0 Å². The van der Waals surface area contributed by atoms with Crippen LogP contribution in [0.5, 0.6) is 0 Å². The monoisotopic (exact) mass is 374 g/mol. The first-order chi connectivity index (χ1) is 13.0. The molecule has 1 aromatic rings. The van der Waals surface area contributed by atoms with Gasteiger partial charge in [-0.3, -0.25) is 14.4 Å². The van der Waals surface area contributed by atoms with Gasteiger partial charge in [0.15, 0.2) is 0 Å². The molecule has 2 aliphatic heterocycles. The predicted octanol–water partition coefficient (Wildman–Crippen LogP) is 2.45. The van der Waals surface area contributed by atoms with Gasteiger partial charge in [-0.1, -0.05) is 11.6 Å². The molecular weight excluding hydrogens is 340 g/mol. The molecule has 1 spiro atoms. The highest BCUT2D eigenvalue weighted by atomic mass is 16.5. The smallest absolute Gasteiger partial charge is 0.220 e. The van der Waals surface area contributed by atoms with Crippen molar-refractivity contribution in [2.24, 2.45) is 7.05 Å². The first-order valence-electron chi connectivity index (χ1n) is 10.2. The van der Waals surface area contributed by atoms with Crippen LogP contribution in [0.25, 0.3) is 0 Å². The minimum Gasteiger partial charge on any atom is -0.370 e. The minimum atomic E-state index is 0.0472. The summed E-state index contributed by atoms with van der Waals surface area (Å²) >= 11 is 0. The Kier molecular flexibility index (Phi) is 6.71. The third kappa shape index (κ3) is 5.66. The van der Waals surface area contributed by atoms with Crippen molar-refractivity contribution in [2.75, 3.05) is 26.2 Å². The van der Waals surface area contributed by atoms with Crippen molar-refractivity contribution in [1.29, 1.82) is 0 Å². The second-order valence-electron chi connectivity index (χ2n) is 8.29. The summed E-state index contributed by atoms with van der Waals surface area (Å²) in [7, 11) is 1.91. The summed E-state index contributed by atoms with van der Waals surface area (Å²) in [5, 5.41) is 7.19. The van der Waals surface area contributed by atoms with E-state index >= 15 is 0 Å². The number of nitrogens with one attached hydrogen (secondary N) is 1. The summed E-state index contributed by atoms with van der Waals surface area (Å²) in [5.74, 6) is 0.0947. The summed E-state index contributed by atoms with van der Waals surface area (Å²) in [6.45, 7) is 8.20. The zero-order valence-corrected chi connectivity index (χ0v) is 17.0. The second kappa shape index (κ2) is 9.02. The van der Waals surface area contributed by atoms with Gasteiger partial charge in [0.05, 0.1) is 11.7 Å². The topological polar surface area (TPSA) is 59.4 Å². The number of aryl methyl sites for hydroxylation is 2. The average Bonchev–Trinajstić information content (AvgIpc) is 3.24. The van der Waals surface area contributed by atoms with Crippen molar-refractivity contribution in [1.82, 2.24) is 20.0 Å². The number of carbonyl (C=O) groups is 1. The first-order valence-corrected chi connectivity index (χ1v) is 10.2. The van der Waals surface area contributed by atoms with Crippen LogP contribution in [0.3, 0.4) is 0 Å². The lowest BCUT2D eigenvalue weighted by molar-refractivity contribution is -0.122. The zero-order valence-electron chi connectivity index (χ0n) is 17.0. The molecule has 0 radical (unpaired) electrons. The molecule has 27 heavy (non-hydrogen) atoms. The largest absolute Gasteiger partial charge is 0.370 e. The van der Waals surface area contributed by atoms with Crippen LogP contribution in [-0.4, -0.2) is 58.5 Å². The number of carbonyl (C=O) groups excluding carboxylic acids is 1. The Balaban J connectivity index is 1.35. The number of amides is 1. The number of aromatic nitrogens is 2. The Morgan fingerprint density at radius 1 is 1.37 bits per heavy atom. The number of likely N-dealkylation sites (tertiary alicyclic amines) is 1. The standard InChI is InChI=1S/C21H34N4O2/c1-17(2)8-13-25-14-10-21(11-15-25)9-6-19(27-21)16-22-20(26)5-4-18-7-12-23-24(18)3/h7-8,12,19H,4-6,9-11,13-16H2,1-3H3,(H,22,26)/t19-/m1/s1. The number of ether oxygens (including phenoxy) is 1. The van der Waals surface area contributed by atoms with E-state index in [-0.39, 0.29) is 17.6 Å². The van der Waals surface area contributed by atoms with E-state index in [1.807, 2.05) is 17.8 Å². The van der Waals surface area contributed by atoms with Gasteiger partial charge in [-0.2, -0.15) is 5.10 Å². The molecular formula is C21H34N4O2. The molecule has 0 saturated carbocycles. The number of piperidine rings is 1. The van der Waals surface area contributed by atoms with E-state index in [0.29, 0.717) is 13.0 Å². The van der Waals surface area contributed by atoms with Crippen molar-refractivity contribution in [3.05, 3.63) is 29.6 Å². The third-order valence-corrected chi connectivity index (χ3v) is 5.92. The van der Waals surface area contributed by atoms with Gasteiger partial charge in [0.1, 0.15) is 0 Å². The molecule has 0 unspecified atom stereocenters. The van der Waals surface area contributed by atoms with Crippen LogP contribution in [0.1, 0.15) is 51.6 Å². The maximum absolute atomic E-state index is 12.1. The molecule has 2 fully saturated rings. The van der Waals surface area contributed by atoms with Gasteiger partial charge in [0, 0.05) is 51.5 Å². The molecule has 6 nitrogen and oxygen atoms in total. The van der Waals surface area contributed by atoms with E-state index in [9.17, 15) is 4.79 Å². The van der Waals surface area contributed by atoms with Crippen LogP contribution in [0, 0.1) is 0 Å². The Morgan fingerprint density at radius 3 is 2.81 bits per heavy atom. The van der Waals surface area contributed by atoms with Gasteiger partial charge < -0.3 is 10.1 Å². The Labute approximate surface area is 162 Å². The fourth-order valence-corrected chi connectivity index (χ4v) is 4.07. The van der Waals surface area contributed by atoms with Crippen molar-refractivity contribution >= 4 is 5.91 Å². The van der Waals surface area contributed by atoms with E-state index < -0.39 is 0 Å². The third-order valence-electron chi connectivity index (χ3n) is 5.92. The van der Waals surface area contributed by atoms with Crippen molar-refractivity contribution in [2.45, 2.75) is 64.1 Å². The number of hydrogen-bond donors (Lipinski definition) is 1. The maximum Gasteiger partial charge on any atom is 0.220 e. The molecule has 2 aliphatic rings. The van der Waals surface area contributed by atoms with Crippen LogP contribution in [0.4, 0.5) is 0 Å². The fourth-order valence-electron chi connectivity index (χ4n) is 4.07. The van der Waals surface area contributed by atoms with Crippen molar-refractivity contribution < 1.29 is 9.53 Å². The van der Waals surface area contributed by atoms with Gasteiger partial charge in [0.25, 0.3) is 0 Å². The SMILES string of the molecule is CC(C)=CCN1CCC2(CC[C@H](CNC(=O)CCc3ccnn3C)O2)CC1. The molecule has 0 aliphatic carbocycles. The Bertz CT molecular complexity index is 655. The quantitative estimate of drug-likeness (QED) is 0.745. The van der Waals surface area contributed by atoms with Crippen LogP contribution in [0.15, 0.2) is 23.9 Å². The van der Waals surface area contributed by atoms with E-state index in [4.69, 9.17) is 4.74 Å². The zero-order chi connectivity index (χ0) is 19.3. The number of hydrogen-bond acceptors (Lipinski definition) is 4. The van der Waals surface area contributed by atoms with Gasteiger partial charge >= 0.3 is 0 Å². The molecule has 0 bridgehead atoms. The molecule has 2 saturated heterocycles. The molecule has 0 aromatic carbocycles. The summed E-state index contributed by atoms with van der Waals surface area (Å²) in [6, 6.07) is 1.96. The number of allylic oxidation sites excluding steroid dienone is 1. The number of rotatable bonds is 7. The molecule has 6 heteroatoms. The van der Waals surface area contributed by atoms with Crippen LogP contribution in [0.2, 0.25) is 0 Å². The van der Waals surface area contributed by atoms with Crippen LogP contribution in [-0.2, 0) is 23.0 Å². The van der Waals surface area contributed by atoms with E-state index in [1.165, 1.54) is 5.57 Å². The van der Waals surface area contributed by atoms with E-state index in [1.54, 1.807) is 6.20 Å². The summed E-state index contributed by atoms with van der Waals surface area (Å²) in [6.07, 6.45) is 9.84. The summed E-state index contributed by atoms with van der Waals surface area (Å²) in [5.41, 5.74) is 2.51. The summed E-state index contributed by atoms with van der Waals surface area (Å²) in [4.78, 5) is 14.6. The average molecular weight is 375 g/mol. The Hall–Kier alpha value is -1.66. The van der Waals surface area contributed by atoms with E-state index in [0.717, 1.165) is 57.4 Å². The molecule has 150 valence electrons. The predicted molar refractivity (Wildman–Crippen MR) is 106 cm³/mol. The molecule has 1 N–H and O–H groups in total. The molecule has 3 heterocycles. The lowest BCUT2D eigenvalue weighted by Gasteiger charge is -2.39. The highest BCUT2D eigenvalue weighted by Gasteiger charge is 2.42. The number of nitrogens with zero attached hydrogens (tertiary/aromatic N) is 3.